The summed E-state index contributed by atoms with van der Waals surface area (Å²) in [6, 6.07) is 81.9. The van der Waals surface area contributed by atoms with E-state index in [4.69, 9.17) is 0 Å². The third-order valence-corrected chi connectivity index (χ3v) is 15.7. The van der Waals surface area contributed by atoms with Crippen LogP contribution < -0.4 is 9.80 Å². The molecule has 0 saturated carbocycles. The van der Waals surface area contributed by atoms with Gasteiger partial charge in [-0.1, -0.05) is 191 Å². The first kappa shape index (κ1) is 39.0. The van der Waals surface area contributed by atoms with Crippen LogP contribution in [0.4, 0.5) is 34.1 Å². The minimum atomic E-state index is -0.147. The van der Waals surface area contributed by atoms with Gasteiger partial charge in [-0.15, -0.1) is 0 Å². The van der Waals surface area contributed by atoms with E-state index >= 15 is 0 Å². The van der Waals surface area contributed by atoms with Crippen molar-refractivity contribution in [1.82, 2.24) is 0 Å². The van der Waals surface area contributed by atoms with E-state index in [2.05, 4.69) is 256 Å². The van der Waals surface area contributed by atoms with E-state index in [9.17, 15) is 0 Å². The normalized spacial score (nSPS) is 14.1. The average Bonchev–Trinajstić information content (AvgIpc) is 3.76. The zero-order valence-electron chi connectivity index (χ0n) is 38.7. The Morgan fingerprint density at radius 2 is 0.809 bits per heavy atom. The summed E-state index contributed by atoms with van der Waals surface area (Å²) in [6.45, 7) is 9.54. The summed E-state index contributed by atoms with van der Waals surface area (Å²) in [6.07, 6.45) is 0. The van der Waals surface area contributed by atoms with Crippen molar-refractivity contribution in [1.29, 1.82) is 0 Å². The smallest absolute Gasteiger partial charge is 0.0540 e. The van der Waals surface area contributed by atoms with E-state index in [1.54, 1.807) is 0 Å². The molecule has 12 aromatic carbocycles. The lowest BCUT2D eigenvalue weighted by Crippen LogP contribution is -2.17. The second kappa shape index (κ2) is 14.2. The SMILES string of the molecule is CC1(C)c2ccccc2-c2ccc(N(c3ccccc3-c3ccccc3)c3ccc4ccc5c(N(c6ccccc6)c6cc7c8c(ccc9cccc(c98)C7(C)C)c6)ccc6ccc3c4c65)cc21. The maximum atomic E-state index is 2.53. The van der Waals surface area contributed by atoms with Gasteiger partial charge >= 0.3 is 0 Å². The molecule has 0 aromatic heterocycles. The first-order valence-corrected chi connectivity index (χ1v) is 24.0. The zero-order valence-corrected chi connectivity index (χ0v) is 38.7. The molecule has 2 aliphatic rings. The van der Waals surface area contributed by atoms with Gasteiger partial charge in [0.2, 0.25) is 0 Å². The molecule has 0 N–H and O–H groups in total. The van der Waals surface area contributed by atoms with Gasteiger partial charge in [0.25, 0.3) is 0 Å². The molecule has 0 amide bonds. The Morgan fingerprint density at radius 1 is 0.279 bits per heavy atom. The highest BCUT2D eigenvalue weighted by Crippen LogP contribution is 2.55. The Morgan fingerprint density at radius 3 is 1.56 bits per heavy atom. The largest absolute Gasteiger partial charge is 0.310 e. The van der Waals surface area contributed by atoms with Crippen LogP contribution in [-0.2, 0) is 10.8 Å². The molecular formula is C66H48N2. The van der Waals surface area contributed by atoms with Gasteiger partial charge in [0.05, 0.1) is 17.1 Å². The molecule has 12 aromatic rings. The minimum Gasteiger partial charge on any atom is -0.310 e. The summed E-state index contributed by atoms with van der Waals surface area (Å²) in [7, 11) is 0. The molecule has 322 valence electrons. The quantitative estimate of drug-likeness (QED) is 0.147. The van der Waals surface area contributed by atoms with E-state index in [-0.39, 0.29) is 10.8 Å². The maximum Gasteiger partial charge on any atom is 0.0540 e. The van der Waals surface area contributed by atoms with Crippen molar-refractivity contribution in [3.63, 3.8) is 0 Å². The molecule has 0 spiro atoms. The van der Waals surface area contributed by atoms with Gasteiger partial charge in [-0.3, -0.25) is 0 Å². The fraction of sp³-hybridized carbons (Fsp3) is 0.0909. The second-order valence-electron chi connectivity index (χ2n) is 20.1. The van der Waals surface area contributed by atoms with E-state index in [1.165, 1.54) is 104 Å². The summed E-state index contributed by atoms with van der Waals surface area (Å²) < 4.78 is 0. The van der Waals surface area contributed by atoms with Gasteiger partial charge in [-0.25, -0.2) is 0 Å². The van der Waals surface area contributed by atoms with Crippen LogP contribution in [0.15, 0.2) is 218 Å². The maximum absolute atomic E-state index is 2.53. The molecule has 0 saturated heterocycles. The van der Waals surface area contributed by atoms with E-state index in [1.807, 2.05) is 0 Å². The summed E-state index contributed by atoms with van der Waals surface area (Å²) in [5.41, 5.74) is 17.2. The van der Waals surface area contributed by atoms with Crippen molar-refractivity contribution in [2.24, 2.45) is 0 Å². The van der Waals surface area contributed by atoms with Crippen LogP contribution in [-0.4, -0.2) is 0 Å². The molecular weight excluding hydrogens is 821 g/mol. The van der Waals surface area contributed by atoms with Crippen molar-refractivity contribution >= 4 is 88.0 Å². The number of hydrogen-bond donors (Lipinski definition) is 0. The Labute approximate surface area is 397 Å². The standard InChI is InChI=1S/C66H48N2/c1-65(2)54-23-13-11-22-50(54)51-35-32-47(39-56(51)65)68(58-25-14-12-21-49(58)41-16-7-5-8-17-41)60-37-31-44-28-33-52-59(36-30-43-29-34-53(60)62(44)61(43)52)67(46-19-9-6-10-20-46)48-38-45-27-26-42-18-15-24-55-63(42)64(45)57(40-48)66(55,3)4/h5-40H,1-4H3. The van der Waals surface area contributed by atoms with Gasteiger partial charge in [-0.2, -0.15) is 0 Å². The molecule has 0 unspecified atom stereocenters. The van der Waals surface area contributed by atoms with Crippen LogP contribution in [0.1, 0.15) is 49.9 Å². The Kier molecular flexibility index (Phi) is 8.12. The van der Waals surface area contributed by atoms with Crippen LogP contribution in [0.3, 0.4) is 0 Å². The monoisotopic (exact) mass is 868 g/mol. The Bertz CT molecular complexity index is 4030. The topological polar surface area (TPSA) is 6.48 Å². The van der Waals surface area contributed by atoms with Gasteiger partial charge < -0.3 is 9.80 Å². The third-order valence-electron chi connectivity index (χ3n) is 15.7. The van der Waals surface area contributed by atoms with Crippen LogP contribution in [0.5, 0.6) is 0 Å². The fourth-order valence-electron chi connectivity index (χ4n) is 12.4. The van der Waals surface area contributed by atoms with Crippen molar-refractivity contribution < 1.29 is 0 Å². The lowest BCUT2D eigenvalue weighted by Gasteiger charge is -2.31. The Balaban J connectivity index is 1.01. The lowest BCUT2D eigenvalue weighted by molar-refractivity contribution is 0.660. The summed E-state index contributed by atoms with van der Waals surface area (Å²) in [5.74, 6) is 0. The summed E-state index contributed by atoms with van der Waals surface area (Å²) >= 11 is 0. The molecule has 0 heterocycles. The van der Waals surface area contributed by atoms with Crippen molar-refractivity contribution in [3.05, 3.63) is 241 Å². The van der Waals surface area contributed by atoms with Crippen LogP contribution in [0, 0.1) is 0 Å². The van der Waals surface area contributed by atoms with Gasteiger partial charge in [-0.05, 0) is 137 Å². The van der Waals surface area contributed by atoms with Crippen LogP contribution >= 0.6 is 0 Å². The number of hydrogen-bond acceptors (Lipinski definition) is 2. The fourth-order valence-corrected chi connectivity index (χ4v) is 12.4. The molecule has 2 nitrogen and oxygen atoms in total. The predicted octanol–water partition coefficient (Wildman–Crippen LogP) is 18.4. The first-order valence-electron chi connectivity index (χ1n) is 24.0. The minimum absolute atomic E-state index is 0.136. The van der Waals surface area contributed by atoms with Crippen molar-refractivity contribution in [3.8, 4) is 22.3 Å². The van der Waals surface area contributed by atoms with E-state index in [0.717, 1.165) is 28.4 Å². The van der Waals surface area contributed by atoms with Crippen LogP contribution in [0.2, 0.25) is 0 Å². The number of para-hydroxylation sites is 2. The number of fused-ring (bicyclic) bond motifs is 3. The molecule has 0 radical (unpaired) electrons. The van der Waals surface area contributed by atoms with Gasteiger partial charge in [0.15, 0.2) is 0 Å². The molecule has 2 heteroatoms. The van der Waals surface area contributed by atoms with E-state index < -0.39 is 0 Å². The van der Waals surface area contributed by atoms with Gasteiger partial charge in [0.1, 0.15) is 0 Å². The highest BCUT2D eigenvalue weighted by molar-refractivity contribution is 6.28. The van der Waals surface area contributed by atoms with E-state index in [0.29, 0.717) is 0 Å². The third kappa shape index (κ3) is 5.40. The lowest BCUT2D eigenvalue weighted by atomic mass is 9.81. The molecule has 0 fully saturated rings. The molecule has 0 atom stereocenters. The molecule has 0 aliphatic heterocycles. The molecule has 2 aliphatic carbocycles. The van der Waals surface area contributed by atoms with Gasteiger partial charge in [0, 0.05) is 44.2 Å². The number of anilines is 6. The first-order chi connectivity index (χ1) is 33.3. The molecule has 68 heavy (non-hydrogen) atoms. The molecule has 14 rings (SSSR count). The Hall–Kier alpha value is -8.20. The highest BCUT2D eigenvalue weighted by Gasteiger charge is 2.37. The van der Waals surface area contributed by atoms with Crippen molar-refractivity contribution in [2.45, 2.75) is 38.5 Å². The summed E-state index contributed by atoms with van der Waals surface area (Å²) in [4.78, 5) is 5.03. The zero-order chi connectivity index (χ0) is 45.5. The van der Waals surface area contributed by atoms with Crippen LogP contribution in [0.25, 0.3) is 76.1 Å². The predicted molar refractivity (Wildman–Crippen MR) is 290 cm³/mol. The summed E-state index contributed by atoms with van der Waals surface area (Å²) in [5, 5.41) is 12.8. The molecule has 0 bridgehead atoms. The highest BCUT2D eigenvalue weighted by atomic mass is 15.2. The number of rotatable bonds is 7. The number of nitrogens with zero attached hydrogens (tertiary/aromatic N) is 2. The van der Waals surface area contributed by atoms with Crippen molar-refractivity contribution in [2.75, 3.05) is 9.80 Å². The average molecular weight is 869 g/mol. The number of benzene rings is 12. The second-order valence-corrected chi connectivity index (χ2v) is 20.1.